The minimum Gasteiger partial charge on any atom is -0.497 e. The van der Waals surface area contributed by atoms with Crippen molar-refractivity contribution in [1.82, 2.24) is 5.32 Å². The van der Waals surface area contributed by atoms with Gasteiger partial charge in [-0.05, 0) is 30.3 Å². The highest BCUT2D eigenvalue weighted by atomic mass is 35.5. The van der Waals surface area contributed by atoms with Crippen LogP contribution < -0.4 is 20.3 Å². The predicted molar refractivity (Wildman–Crippen MR) is 102 cm³/mol. The van der Waals surface area contributed by atoms with Gasteiger partial charge in [0, 0.05) is 30.4 Å². The Morgan fingerprint density at radius 3 is 2.73 bits per heavy atom. The maximum absolute atomic E-state index is 12.3. The van der Waals surface area contributed by atoms with E-state index in [0.717, 1.165) is 5.69 Å². The summed E-state index contributed by atoms with van der Waals surface area (Å²) in [6, 6.07) is 11.4. The zero-order valence-corrected chi connectivity index (χ0v) is 15.5. The molecule has 136 valence electrons. The number of carbonyl (C=O) groups is 2. The summed E-state index contributed by atoms with van der Waals surface area (Å²) >= 11 is 11.8. The van der Waals surface area contributed by atoms with Crippen molar-refractivity contribution in [2.24, 2.45) is 0 Å². The van der Waals surface area contributed by atoms with Crippen LogP contribution in [0.1, 0.15) is 6.42 Å². The van der Waals surface area contributed by atoms with Crippen LogP contribution in [0.4, 0.5) is 16.2 Å². The molecule has 1 aliphatic heterocycles. The Morgan fingerprint density at radius 1 is 1.19 bits per heavy atom. The zero-order valence-electron chi connectivity index (χ0n) is 14.0. The van der Waals surface area contributed by atoms with Gasteiger partial charge in [0.05, 0.1) is 23.2 Å². The highest BCUT2D eigenvalue weighted by Gasteiger charge is 2.31. The molecule has 0 aliphatic carbocycles. The van der Waals surface area contributed by atoms with E-state index in [2.05, 4.69) is 10.6 Å². The van der Waals surface area contributed by atoms with Gasteiger partial charge in [-0.15, -0.1) is 0 Å². The molecule has 1 heterocycles. The van der Waals surface area contributed by atoms with Crippen LogP contribution in [0.3, 0.4) is 0 Å². The second-order valence-corrected chi connectivity index (χ2v) is 6.65. The lowest BCUT2D eigenvalue weighted by molar-refractivity contribution is -0.117. The van der Waals surface area contributed by atoms with E-state index < -0.39 is 6.03 Å². The second-order valence-electron chi connectivity index (χ2n) is 5.83. The van der Waals surface area contributed by atoms with Crippen LogP contribution in [-0.2, 0) is 4.79 Å². The van der Waals surface area contributed by atoms with Crippen molar-refractivity contribution in [3.8, 4) is 5.75 Å². The lowest BCUT2D eigenvalue weighted by Gasteiger charge is -2.18. The predicted octanol–water partition coefficient (Wildman–Crippen LogP) is 3.93. The third kappa shape index (κ3) is 4.20. The van der Waals surface area contributed by atoms with Gasteiger partial charge < -0.3 is 20.3 Å². The van der Waals surface area contributed by atoms with Gasteiger partial charge in [-0.1, -0.05) is 29.3 Å². The van der Waals surface area contributed by atoms with Gasteiger partial charge in [0.15, 0.2) is 0 Å². The first-order valence-electron chi connectivity index (χ1n) is 7.93. The number of amides is 3. The molecule has 1 saturated heterocycles. The number of ether oxygens (including phenoxy) is 1. The van der Waals surface area contributed by atoms with Crippen molar-refractivity contribution in [3.05, 3.63) is 52.5 Å². The lowest BCUT2D eigenvalue weighted by atomic mass is 10.2. The summed E-state index contributed by atoms with van der Waals surface area (Å²) in [6.07, 6.45) is 0.228. The van der Waals surface area contributed by atoms with E-state index in [4.69, 9.17) is 27.9 Å². The summed E-state index contributed by atoms with van der Waals surface area (Å²) in [6.45, 7) is 0.390. The summed E-state index contributed by atoms with van der Waals surface area (Å²) in [5.41, 5.74) is 1.26. The van der Waals surface area contributed by atoms with E-state index in [0.29, 0.717) is 28.0 Å². The van der Waals surface area contributed by atoms with Crippen LogP contribution in [0.2, 0.25) is 10.0 Å². The molecule has 2 aromatic carbocycles. The number of benzene rings is 2. The summed E-state index contributed by atoms with van der Waals surface area (Å²) < 4.78 is 5.19. The molecule has 0 unspecified atom stereocenters. The standard InChI is InChI=1S/C18H17Cl2N3O3/c1-26-14-4-2-3-13(9-14)23-10-12(8-17(23)24)22-18(25)21-11-5-6-15(19)16(20)7-11/h2-7,9,12H,8,10H2,1H3,(H2,21,22,25)/t12-/m0/s1. The third-order valence-electron chi connectivity index (χ3n) is 4.00. The molecule has 8 heteroatoms. The molecule has 0 aromatic heterocycles. The first-order valence-corrected chi connectivity index (χ1v) is 8.69. The monoisotopic (exact) mass is 393 g/mol. The molecular formula is C18H17Cl2N3O3. The van der Waals surface area contributed by atoms with Gasteiger partial charge in [0.25, 0.3) is 0 Å². The zero-order chi connectivity index (χ0) is 18.7. The number of rotatable bonds is 4. The molecule has 3 amide bonds. The van der Waals surface area contributed by atoms with Crippen molar-refractivity contribution in [1.29, 1.82) is 0 Å². The Hall–Kier alpha value is -2.44. The van der Waals surface area contributed by atoms with Crippen LogP contribution >= 0.6 is 23.2 Å². The van der Waals surface area contributed by atoms with Crippen LogP contribution in [0.15, 0.2) is 42.5 Å². The molecule has 1 atom stereocenters. The fourth-order valence-electron chi connectivity index (χ4n) is 2.76. The molecule has 1 fully saturated rings. The Balaban J connectivity index is 1.61. The number of hydrogen-bond acceptors (Lipinski definition) is 3. The quantitative estimate of drug-likeness (QED) is 0.826. The van der Waals surface area contributed by atoms with Gasteiger partial charge in [-0.25, -0.2) is 4.79 Å². The molecule has 2 aromatic rings. The average molecular weight is 394 g/mol. The molecule has 6 nitrogen and oxygen atoms in total. The highest BCUT2D eigenvalue weighted by molar-refractivity contribution is 6.42. The van der Waals surface area contributed by atoms with Gasteiger partial charge in [-0.2, -0.15) is 0 Å². The van der Waals surface area contributed by atoms with Gasteiger partial charge in [0.1, 0.15) is 5.75 Å². The number of anilines is 2. The number of halogens is 2. The van der Waals surface area contributed by atoms with Crippen LogP contribution in [0.5, 0.6) is 5.75 Å². The fraction of sp³-hybridized carbons (Fsp3) is 0.222. The van der Waals surface area contributed by atoms with E-state index in [9.17, 15) is 9.59 Å². The lowest BCUT2D eigenvalue weighted by Crippen LogP contribution is -2.39. The van der Waals surface area contributed by atoms with E-state index in [1.165, 1.54) is 0 Å². The smallest absolute Gasteiger partial charge is 0.319 e. The van der Waals surface area contributed by atoms with E-state index in [-0.39, 0.29) is 18.4 Å². The minimum atomic E-state index is -0.409. The molecule has 3 rings (SSSR count). The normalized spacial score (nSPS) is 16.5. The van der Waals surface area contributed by atoms with Crippen molar-refractivity contribution in [3.63, 3.8) is 0 Å². The summed E-state index contributed by atoms with van der Waals surface area (Å²) in [5, 5.41) is 6.24. The molecule has 0 saturated carbocycles. The van der Waals surface area contributed by atoms with E-state index in [1.807, 2.05) is 18.2 Å². The van der Waals surface area contributed by atoms with Crippen molar-refractivity contribution in [2.45, 2.75) is 12.5 Å². The number of nitrogens with zero attached hydrogens (tertiary/aromatic N) is 1. The molecule has 26 heavy (non-hydrogen) atoms. The SMILES string of the molecule is COc1cccc(N2C[C@@H](NC(=O)Nc3ccc(Cl)c(Cl)c3)CC2=O)c1. The Bertz CT molecular complexity index is 844. The number of methoxy groups -OCH3 is 1. The topological polar surface area (TPSA) is 70.7 Å². The second kappa shape index (κ2) is 7.85. The summed E-state index contributed by atoms with van der Waals surface area (Å²) in [4.78, 5) is 26.1. The number of nitrogens with one attached hydrogen (secondary N) is 2. The maximum Gasteiger partial charge on any atom is 0.319 e. The third-order valence-corrected chi connectivity index (χ3v) is 4.74. The van der Waals surface area contributed by atoms with Crippen LogP contribution in [0.25, 0.3) is 0 Å². The van der Waals surface area contributed by atoms with Crippen LogP contribution in [0, 0.1) is 0 Å². The number of carbonyl (C=O) groups excluding carboxylic acids is 2. The average Bonchev–Trinajstić information content (AvgIpc) is 2.98. The molecule has 2 N–H and O–H groups in total. The molecule has 0 bridgehead atoms. The Kier molecular flexibility index (Phi) is 5.54. The van der Waals surface area contributed by atoms with Crippen molar-refractivity contribution < 1.29 is 14.3 Å². The first kappa shape index (κ1) is 18.4. The molecule has 0 spiro atoms. The highest BCUT2D eigenvalue weighted by Crippen LogP contribution is 2.26. The van der Waals surface area contributed by atoms with Crippen LogP contribution in [-0.4, -0.2) is 31.6 Å². The largest absolute Gasteiger partial charge is 0.497 e. The van der Waals surface area contributed by atoms with Gasteiger partial charge >= 0.3 is 6.03 Å². The minimum absolute atomic E-state index is 0.0573. The van der Waals surface area contributed by atoms with E-state index in [1.54, 1.807) is 36.3 Å². The van der Waals surface area contributed by atoms with Crippen molar-refractivity contribution in [2.75, 3.05) is 23.9 Å². The fourth-order valence-corrected chi connectivity index (χ4v) is 3.06. The summed E-state index contributed by atoms with van der Waals surface area (Å²) in [5.74, 6) is 0.613. The Morgan fingerprint density at radius 2 is 2.00 bits per heavy atom. The van der Waals surface area contributed by atoms with Gasteiger partial charge in [-0.3, -0.25) is 4.79 Å². The van der Waals surface area contributed by atoms with Gasteiger partial charge in [0.2, 0.25) is 5.91 Å². The van der Waals surface area contributed by atoms with Crippen molar-refractivity contribution >= 4 is 46.5 Å². The number of hydrogen-bond donors (Lipinski definition) is 2. The first-order chi connectivity index (χ1) is 12.5. The van der Waals surface area contributed by atoms with E-state index >= 15 is 0 Å². The molecule has 0 radical (unpaired) electrons. The molecule has 1 aliphatic rings. The molecular weight excluding hydrogens is 377 g/mol. The maximum atomic E-state index is 12.3. The summed E-state index contributed by atoms with van der Waals surface area (Å²) in [7, 11) is 1.57. The Labute approximate surface area is 161 Å². The number of urea groups is 1.